The van der Waals surface area contributed by atoms with Gasteiger partial charge in [-0.15, -0.1) is 11.3 Å². The molecule has 4 nitrogen and oxygen atoms in total. The summed E-state index contributed by atoms with van der Waals surface area (Å²) in [5.74, 6) is 1.74. The number of fused-ring (bicyclic) bond motifs is 1. The Morgan fingerprint density at radius 2 is 1.95 bits per heavy atom. The van der Waals surface area contributed by atoms with Crippen LogP contribution in [-0.4, -0.2) is 17.1 Å². The molecule has 2 aromatic heterocycles. The van der Waals surface area contributed by atoms with Crippen LogP contribution in [0.5, 0.6) is 5.75 Å². The Morgan fingerprint density at radius 1 is 1.15 bits per heavy atom. The van der Waals surface area contributed by atoms with E-state index in [-0.39, 0.29) is 6.04 Å². The molecule has 0 saturated heterocycles. The maximum atomic E-state index is 5.17. The molecule has 3 rings (SSSR count). The number of benzene rings is 1. The molecule has 1 unspecified atom stereocenters. The first kappa shape index (κ1) is 12.9. The van der Waals surface area contributed by atoms with E-state index >= 15 is 0 Å². The van der Waals surface area contributed by atoms with Gasteiger partial charge in [-0.2, -0.15) is 0 Å². The van der Waals surface area contributed by atoms with E-state index in [1.807, 2.05) is 23.6 Å². The third-order valence-electron chi connectivity index (χ3n) is 3.23. The summed E-state index contributed by atoms with van der Waals surface area (Å²) in [5.41, 5.74) is 1.19. The lowest BCUT2D eigenvalue weighted by Gasteiger charge is -2.15. The quantitative estimate of drug-likeness (QED) is 0.790. The standard InChI is InChI=1S/C15H15N3OS/c1-10(11-3-5-12(19-2)6-4-11)18-14-13-7-8-20-15(13)17-9-16-14/h3-10H,1-2H3,(H,16,17,18). The summed E-state index contributed by atoms with van der Waals surface area (Å²) >= 11 is 1.62. The van der Waals surface area contributed by atoms with Crippen LogP contribution in [-0.2, 0) is 0 Å². The third kappa shape index (κ3) is 2.44. The van der Waals surface area contributed by atoms with Crippen molar-refractivity contribution in [3.8, 4) is 5.75 Å². The second-order valence-corrected chi connectivity index (χ2v) is 5.40. The second kappa shape index (κ2) is 5.46. The fourth-order valence-electron chi connectivity index (χ4n) is 2.09. The monoisotopic (exact) mass is 285 g/mol. The number of rotatable bonds is 4. The van der Waals surface area contributed by atoms with Crippen molar-refractivity contribution in [3.63, 3.8) is 0 Å². The molecule has 0 spiro atoms. The second-order valence-electron chi connectivity index (χ2n) is 4.50. The van der Waals surface area contributed by atoms with Crippen molar-refractivity contribution in [2.24, 2.45) is 0 Å². The number of ether oxygens (including phenoxy) is 1. The lowest BCUT2D eigenvalue weighted by molar-refractivity contribution is 0.414. The van der Waals surface area contributed by atoms with E-state index in [1.54, 1.807) is 24.8 Å². The predicted molar refractivity (Wildman–Crippen MR) is 82.4 cm³/mol. The summed E-state index contributed by atoms with van der Waals surface area (Å²) in [6, 6.07) is 10.3. The van der Waals surface area contributed by atoms with Crippen molar-refractivity contribution < 1.29 is 4.74 Å². The molecular formula is C15H15N3OS. The summed E-state index contributed by atoms with van der Waals surface area (Å²) in [6.45, 7) is 2.11. The van der Waals surface area contributed by atoms with E-state index < -0.39 is 0 Å². The van der Waals surface area contributed by atoms with Gasteiger partial charge in [-0.05, 0) is 36.1 Å². The molecule has 2 heterocycles. The van der Waals surface area contributed by atoms with Gasteiger partial charge in [0.25, 0.3) is 0 Å². The highest BCUT2D eigenvalue weighted by atomic mass is 32.1. The van der Waals surface area contributed by atoms with Crippen molar-refractivity contribution in [2.45, 2.75) is 13.0 Å². The minimum atomic E-state index is 0.166. The molecule has 0 amide bonds. The zero-order valence-corrected chi connectivity index (χ0v) is 12.1. The predicted octanol–water partition coefficient (Wildman–Crippen LogP) is 3.87. The minimum absolute atomic E-state index is 0.166. The van der Waals surface area contributed by atoms with Gasteiger partial charge in [-0.3, -0.25) is 0 Å². The number of methoxy groups -OCH3 is 1. The van der Waals surface area contributed by atoms with Gasteiger partial charge in [0, 0.05) is 6.04 Å². The van der Waals surface area contributed by atoms with Crippen molar-refractivity contribution >= 4 is 27.4 Å². The summed E-state index contributed by atoms with van der Waals surface area (Å²) in [7, 11) is 1.67. The highest BCUT2D eigenvalue weighted by molar-refractivity contribution is 7.16. The maximum absolute atomic E-state index is 5.17. The molecule has 0 saturated carbocycles. The van der Waals surface area contributed by atoms with E-state index in [9.17, 15) is 0 Å². The molecule has 0 aliphatic heterocycles. The topological polar surface area (TPSA) is 47.0 Å². The van der Waals surface area contributed by atoms with Crippen LogP contribution >= 0.6 is 11.3 Å². The first-order valence-electron chi connectivity index (χ1n) is 6.36. The molecule has 0 radical (unpaired) electrons. The molecule has 0 fully saturated rings. The van der Waals surface area contributed by atoms with Gasteiger partial charge in [0.05, 0.1) is 12.5 Å². The Kier molecular flexibility index (Phi) is 3.52. The van der Waals surface area contributed by atoms with Gasteiger partial charge in [0.15, 0.2) is 0 Å². The van der Waals surface area contributed by atoms with Crippen LogP contribution in [0.3, 0.4) is 0 Å². The summed E-state index contributed by atoms with van der Waals surface area (Å²) < 4.78 is 5.17. The lowest BCUT2D eigenvalue weighted by atomic mass is 10.1. The Labute approximate surface area is 121 Å². The van der Waals surface area contributed by atoms with Crippen molar-refractivity contribution in [1.29, 1.82) is 0 Å². The van der Waals surface area contributed by atoms with E-state index in [0.29, 0.717) is 0 Å². The van der Waals surface area contributed by atoms with Crippen LogP contribution in [0.4, 0.5) is 5.82 Å². The van der Waals surface area contributed by atoms with Crippen LogP contribution in [0.1, 0.15) is 18.5 Å². The molecular weight excluding hydrogens is 270 g/mol. The van der Waals surface area contributed by atoms with Crippen molar-refractivity contribution in [2.75, 3.05) is 12.4 Å². The van der Waals surface area contributed by atoms with E-state index in [2.05, 4.69) is 34.3 Å². The highest BCUT2D eigenvalue weighted by Crippen LogP contribution is 2.27. The summed E-state index contributed by atoms with van der Waals surface area (Å²) in [4.78, 5) is 9.60. The first-order valence-corrected chi connectivity index (χ1v) is 7.24. The third-order valence-corrected chi connectivity index (χ3v) is 4.05. The fourth-order valence-corrected chi connectivity index (χ4v) is 2.82. The van der Waals surface area contributed by atoms with Crippen LogP contribution in [0.15, 0.2) is 42.0 Å². The molecule has 0 bridgehead atoms. The smallest absolute Gasteiger partial charge is 0.138 e. The molecule has 102 valence electrons. The number of hydrogen-bond donors (Lipinski definition) is 1. The number of nitrogens with zero attached hydrogens (tertiary/aromatic N) is 2. The molecule has 0 aliphatic rings. The zero-order valence-electron chi connectivity index (χ0n) is 11.3. The first-order chi connectivity index (χ1) is 9.78. The molecule has 3 aromatic rings. The van der Waals surface area contributed by atoms with Crippen LogP contribution in [0.25, 0.3) is 10.2 Å². The normalized spacial score (nSPS) is 12.3. The number of anilines is 1. The van der Waals surface area contributed by atoms with Gasteiger partial charge in [-0.1, -0.05) is 12.1 Å². The van der Waals surface area contributed by atoms with E-state index in [4.69, 9.17) is 4.74 Å². The number of nitrogens with one attached hydrogen (secondary N) is 1. The molecule has 5 heteroatoms. The molecule has 0 aliphatic carbocycles. The highest BCUT2D eigenvalue weighted by Gasteiger charge is 2.10. The number of hydrogen-bond acceptors (Lipinski definition) is 5. The van der Waals surface area contributed by atoms with Crippen LogP contribution in [0.2, 0.25) is 0 Å². The summed E-state index contributed by atoms with van der Waals surface area (Å²) in [6.07, 6.45) is 1.60. The van der Waals surface area contributed by atoms with Gasteiger partial charge >= 0.3 is 0 Å². The Balaban J connectivity index is 1.84. The molecule has 20 heavy (non-hydrogen) atoms. The largest absolute Gasteiger partial charge is 0.497 e. The van der Waals surface area contributed by atoms with Gasteiger partial charge in [-0.25, -0.2) is 9.97 Å². The SMILES string of the molecule is COc1ccc(C(C)Nc2ncnc3sccc23)cc1. The average Bonchev–Trinajstić information content (AvgIpc) is 2.97. The Hall–Kier alpha value is -2.14. The lowest BCUT2D eigenvalue weighted by Crippen LogP contribution is -2.08. The van der Waals surface area contributed by atoms with Gasteiger partial charge in [0.1, 0.15) is 22.7 Å². The average molecular weight is 285 g/mol. The van der Waals surface area contributed by atoms with E-state index in [1.165, 1.54) is 5.56 Å². The van der Waals surface area contributed by atoms with Crippen molar-refractivity contribution in [1.82, 2.24) is 9.97 Å². The van der Waals surface area contributed by atoms with Crippen molar-refractivity contribution in [3.05, 3.63) is 47.6 Å². The zero-order chi connectivity index (χ0) is 13.9. The van der Waals surface area contributed by atoms with Gasteiger partial charge < -0.3 is 10.1 Å². The summed E-state index contributed by atoms with van der Waals surface area (Å²) in [5, 5.41) is 6.54. The molecule has 1 atom stereocenters. The minimum Gasteiger partial charge on any atom is -0.497 e. The Morgan fingerprint density at radius 3 is 2.70 bits per heavy atom. The number of thiophene rings is 1. The number of aromatic nitrogens is 2. The maximum Gasteiger partial charge on any atom is 0.138 e. The van der Waals surface area contributed by atoms with Crippen LogP contribution < -0.4 is 10.1 Å². The molecule has 1 aromatic carbocycles. The fraction of sp³-hybridized carbons (Fsp3) is 0.200. The Bertz CT molecular complexity index is 708. The molecule has 1 N–H and O–H groups in total. The van der Waals surface area contributed by atoms with Gasteiger partial charge in [0.2, 0.25) is 0 Å². The van der Waals surface area contributed by atoms with E-state index in [0.717, 1.165) is 21.8 Å². The van der Waals surface area contributed by atoms with Crippen LogP contribution in [0, 0.1) is 0 Å².